The van der Waals surface area contributed by atoms with Crippen LogP contribution in [0, 0.1) is 5.92 Å². The topological polar surface area (TPSA) is 69.7 Å². The molecule has 1 aromatic carbocycles. The highest BCUT2D eigenvalue weighted by Gasteiger charge is 2.32. The molecule has 6 nitrogen and oxygen atoms in total. The maximum atomic E-state index is 12.9. The van der Waals surface area contributed by atoms with Crippen LogP contribution in [0.3, 0.4) is 0 Å². The average Bonchev–Trinajstić information content (AvgIpc) is 3.25. The molecule has 1 N–H and O–H groups in total. The number of carbonyl (C=O) groups is 1. The number of halogens is 3. The molecule has 0 aromatic heterocycles. The van der Waals surface area contributed by atoms with Gasteiger partial charge in [-0.25, -0.2) is 8.42 Å². The van der Waals surface area contributed by atoms with Crippen LogP contribution in [0.2, 0.25) is 0 Å². The van der Waals surface area contributed by atoms with E-state index in [4.69, 9.17) is 0 Å². The van der Waals surface area contributed by atoms with Crippen LogP contribution in [-0.4, -0.2) is 57.1 Å². The van der Waals surface area contributed by atoms with E-state index in [0.717, 1.165) is 18.6 Å². The second-order valence-corrected chi connectivity index (χ2v) is 10.4. The minimum atomic E-state index is -4.41. The minimum absolute atomic E-state index is 0.0691. The number of rotatable bonds is 8. The van der Waals surface area contributed by atoms with Gasteiger partial charge >= 0.3 is 6.18 Å². The lowest BCUT2D eigenvalue weighted by Gasteiger charge is -2.35. The first-order valence-electron chi connectivity index (χ1n) is 10.8. The Morgan fingerprint density at radius 3 is 2.42 bits per heavy atom. The number of carbonyl (C=O) groups excluding carboxylic acids is 1. The molecule has 1 saturated carbocycles. The van der Waals surface area contributed by atoms with Gasteiger partial charge in [-0.05, 0) is 30.5 Å². The van der Waals surface area contributed by atoms with E-state index in [-0.39, 0.29) is 31.3 Å². The third-order valence-electron chi connectivity index (χ3n) is 6.11. The third kappa shape index (κ3) is 6.83. The fourth-order valence-corrected chi connectivity index (χ4v) is 5.61. The van der Waals surface area contributed by atoms with Gasteiger partial charge in [0.15, 0.2) is 0 Å². The Morgan fingerprint density at radius 1 is 1.10 bits per heavy atom. The standard InChI is InChI=1S/C21H30F3N3O3S/c22-21(23,24)18-6-3-7-19(16-18)26-11-13-27(14-12-26)31(29,30)15-10-25-20(28)9-8-17-4-1-2-5-17/h3,6-7,16-17H,1-2,4-5,8-15H2,(H,25,28). The summed E-state index contributed by atoms with van der Waals surface area (Å²) in [5.74, 6) is 0.324. The van der Waals surface area contributed by atoms with Gasteiger partial charge in [-0.3, -0.25) is 4.79 Å². The Hall–Kier alpha value is -1.81. The summed E-state index contributed by atoms with van der Waals surface area (Å²) in [4.78, 5) is 13.7. The van der Waals surface area contributed by atoms with E-state index >= 15 is 0 Å². The van der Waals surface area contributed by atoms with Crippen LogP contribution in [0.4, 0.5) is 18.9 Å². The summed E-state index contributed by atoms with van der Waals surface area (Å²) in [5, 5.41) is 2.70. The molecule has 0 unspecified atom stereocenters. The summed E-state index contributed by atoms with van der Waals surface area (Å²) in [6, 6.07) is 5.06. The molecule has 31 heavy (non-hydrogen) atoms. The van der Waals surface area contributed by atoms with E-state index < -0.39 is 21.8 Å². The van der Waals surface area contributed by atoms with Gasteiger partial charge in [0, 0.05) is 44.8 Å². The van der Waals surface area contributed by atoms with Gasteiger partial charge in [0.2, 0.25) is 15.9 Å². The molecule has 2 aliphatic rings. The van der Waals surface area contributed by atoms with Crippen molar-refractivity contribution in [3.05, 3.63) is 29.8 Å². The Balaban J connectivity index is 1.42. The number of sulfonamides is 1. The van der Waals surface area contributed by atoms with Gasteiger partial charge in [-0.2, -0.15) is 17.5 Å². The number of nitrogens with zero attached hydrogens (tertiary/aromatic N) is 2. The maximum absolute atomic E-state index is 12.9. The highest BCUT2D eigenvalue weighted by atomic mass is 32.2. The maximum Gasteiger partial charge on any atom is 0.416 e. The molecule has 1 aliphatic carbocycles. The normalized spacial score (nSPS) is 19.0. The summed E-state index contributed by atoms with van der Waals surface area (Å²) in [7, 11) is -3.53. The molecule has 0 spiro atoms. The van der Waals surface area contributed by atoms with Gasteiger partial charge in [0.05, 0.1) is 11.3 Å². The number of hydrogen-bond donors (Lipinski definition) is 1. The fraction of sp³-hybridized carbons (Fsp3) is 0.667. The molecule has 1 aromatic rings. The zero-order valence-electron chi connectivity index (χ0n) is 17.5. The Labute approximate surface area is 181 Å². The van der Waals surface area contributed by atoms with Crippen molar-refractivity contribution in [2.75, 3.05) is 43.4 Å². The molecule has 1 heterocycles. The van der Waals surface area contributed by atoms with Crippen molar-refractivity contribution in [3.63, 3.8) is 0 Å². The Bertz CT molecular complexity index is 847. The quantitative estimate of drug-likeness (QED) is 0.645. The highest BCUT2D eigenvalue weighted by molar-refractivity contribution is 7.89. The van der Waals surface area contributed by atoms with Crippen LogP contribution in [0.1, 0.15) is 44.1 Å². The molecule has 1 amide bonds. The second kappa shape index (κ2) is 10.2. The number of piperazine rings is 1. The zero-order valence-corrected chi connectivity index (χ0v) is 18.3. The van der Waals surface area contributed by atoms with E-state index in [9.17, 15) is 26.4 Å². The van der Waals surface area contributed by atoms with E-state index in [0.29, 0.717) is 31.1 Å². The van der Waals surface area contributed by atoms with E-state index in [1.54, 1.807) is 11.0 Å². The zero-order chi connectivity index (χ0) is 22.5. The third-order valence-corrected chi connectivity index (χ3v) is 7.98. The largest absolute Gasteiger partial charge is 0.416 e. The fourth-order valence-electron chi connectivity index (χ4n) is 4.27. The van der Waals surface area contributed by atoms with Crippen LogP contribution in [-0.2, 0) is 21.0 Å². The predicted octanol–water partition coefficient (Wildman–Crippen LogP) is 3.24. The second-order valence-electron chi connectivity index (χ2n) is 8.29. The van der Waals surface area contributed by atoms with Crippen molar-refractivity contribution >= 4 is 21.6 Å². The summed E-state index contributed by atoms with van der Waals surface area (Å²) in [6.07, 6.45) is 1.68. The van der Waals surface area contributed by atoms with Crippen molar-refractivity contribution in [1.82, 2.24) is 9.62 Å². The number of alkyl halides is 3. The molecule has 10 heteroatoms. The number of amides is 1. The number of nitrogens with one attached hydrogen (secondary N) is 1. The number of benzene rings is 1. The van der Waals surface area contributed by atoms with Crippen molar-refractivity contribution in [1.29, 1.82) is 0 Å². The predicted molar refractivity (Wildman–Crippen MR) is 113 cm³/mol. The molecule has 1 aliphatic heterocycles. The first kappa shape index (κ1) is 23.8. The first-order valence-corrected chi connectivity index (χ1v) is 12.4. The van der Waals surface area contributed by atoms with E-state index in [1.165, 1.54) is 36.1 Å². The molecular formula is C21H30F3N3O3S. The van der Waals surface area contributed by atoms with Gasteiger partial charge in [-0.1, -0.05) is 31.7 Å². The average molecular weight is 462 g/mol. The smallest absolute Gasteiger partial charge is 0.369 e. The summed E-state index contributed by atoms with van der Waals surface area (Å²) in [6.45, 7) is 1.10. The molecule has 174 valence electrons. The van der Waals surface area contributed by atoms with Gasteiger partial charge in [0.1, 0.15) is 0 Å². The minimum Gasteiger partial charge on any atom is -0.369 e. The molecule has 0 bridgehead atoms. The molecular weight excluding hydrogens is 431 g/mol. The Kier molecular flexibility index (Phi) is 7.85. The first-order chi connectivity index (χ1) is 14.6. The molecule has 0 radical (unpaired) electrons. The molecule has 2 fully saturated rings. The lowest BCUT2D eigenvalue weighted by atomic mass is 10.0. The van der Waals surface area contributed by atoms with Gasteiger partial charge in [-0.15, -0.1) is 0 Å². The van der Waals surface area contributed by atoms with Crippen molar-refractivity contribution < 1.29 is 26.4 Å². The van der Waals surface area contributed by atoms with Gasteiger partial charge < -0.3 is 10.2 Å². The van der Waals surface area contributed by atoms with Crippen molar-refractivity contribution in [3.8, 4) is 0 Å². The molecule has 3 rings (SSSR count). The van der Waals surface area contributed by atoms with E-state index in [1.807, 2.05) is 0 Å². The van der Waals surface area contributed by atoms with E-state index in [2.05, 4.69) is 5.32 Å². The van der Waals surface area contributed by atoms with Crippen LogP contribution in [0.25, 0.3) is 0 Å². The van der Waals surface area contributed by atoms with Crippen molar-refractivity contribution in [2.24, 2.45) is 5.92 Å². The Morgan fingerprint density at radius 2 is 1.77 bits per heavy atom. The summed E-state index contributed by atoms with van der Waals surface area (Å²) >= 11 is 0. The van der Waals surface area contributed by atoms with Crippen molar-refractivity contribution in [2.45, 2.75) is 44.7 Å². The summed E-state index contributed by atoms with van der Waals surface area (Å²) in [5.41, 5.74) is -0.287. The van der Waals surface area contributed by atoms with Crippen LogP contribution in [0.15, 0.2) is 24.3 Å². The number of anilines is 1. The SMILES string of the molecule is O=C(CCC1CCCC1)NCCS(=O)(=O)N1CCN(c2cccc(C(F)(F)F)c2)CC1. The van der Waals surface area contributed by atoms with Crippen LogP contribution in [0.5, 0.6) is 0 Å². The van der Waals surface area contributed by atoms with Crippen LogP contribution >= 0.6 is 0 Å². The van der Waals surface area contributed by atoms with Crippen LogP contribution < -0.4 is 10.2 Å². The molecule has 0 atom stereocenters. The lowest BCUT2D eigenvalue weighted by molar-refractivity contribution is -0.137. The van der Waals surface area contributed by atoms with Gasteiger partial charge in [0.25, 0.3) is 0 Å². The molecule has 1 saturated heterocycles. The summed E-state index contributed by atoms with van der Waals surface area (Å²) < 4.78 is 65.2. The monoisotopic (exact) mass is 461 g/mol. The lowest BCUT2D eigenvalue weighted by Crippen LogP contribution is -2.50. The number of hydrogen-bond acceptors (Lipinski definition) is 4. The highest BCUT2D eigenvalue weighted by Crippen LogP contribution is 2.32.